The fraction of sp³-hybridized carbons (Fsp3) is 0.929. The summed E-state index contributed by atoms with van der Waals surface area (Å²) in [5.74, 6) is 0. The van der Waals surface area contributed by atoms with Gasteiger partial charge in [0.15, 0.2) is 0 Å². The van der Waals surface area contributed by atoms with E-state index in [2.05, 4.69) is 20.8 Å². The maximum absolute atomic E-state index is 5.74. The van der Waals surface area contributed by atoms with E-state index >= 15 is 0 Å². The van der Waals surface area contributed by atoms with Gasteiger partial charge in [0.25, 0.3) is 0 Å². The summed E-state index contributed by atoms with van der Waals surface area (Å²) in [6, 6.07) is 0. The molecule has 18 heavy (non-hydrogen) atoms. The molecule has 1 atom stereocenters. The normalized spacial score (nSPS) is 14.2. The zero-order valence-corrected chi connectivity index (χ0v) is 14.0. The van der Waals surface area contributed by atoms with Crippen molar-refractivity contribution in [2.45, 2.75) is 65.8 Å². The summed E-state index contributed by atoms with van der Waals surface area (Å²) in [7, 11) is -1.49. The van der Waals surface area contributed by atoms with Crippen molar-refractivity contribution >= 4 is 15.0 Å². The zero-order valence-electron chi connectivity index (χ0n) is 12.9. The molecular weight excluding hydrogens is 242 g/mol. The second kappa shape index (κ2) is 11.9. The molecule has 0 aliphatic rings. The van der Waals surface area contributed by atoms with Gasteiger partial charge in [-0.05, 0) is 38.7 Å². The molecule has 0 heterocycles. The molecule has 4 heteroatoms. The Kier molecular flexibility index (Phi) is 11.7. The molecule has 0 saturated carbocycles. The summed E-state index contributed by atoms with van der Waals surface area (Å²) in [5, 5.41) is 0. The molecule has 0 amide bonds. The maximum atomic E-state index is 5.74. The molecule has 108 valence electrons. The first kappa shape index (κ1) is 17.8. The predicted octanol–water partition coefficient (Wildman–Crippen LogP) is 3.71. The first-order valence-electron chi connectivity index (χ1n) is 7.44. The summed E-state index contributed by atoms with van der Waals surface area (Å²) in [6.45, 7) is 13.2. The summed E-state index contributed by atoms with van der Waals surface area (Å²) < 4.78 is 11.5. The molecular formula is C14H31NO2Si. The van der Waals surface area contributed by atoms with Crippen molar-refractivity contribution in [2.75, 3.05) is 19.8 Å². The van der Waals surface area contributed by atoms with E-state index in [1.807, 2.05) is 13.8 Å². The van der Waals surface area contributed by atoms with E-state index in [4.69, 9.17) is 13.8 Å². The summed E-state index contributed by atoms with van der Waals surface area (Å²) >= 11 is 0. The molecule has 0 saturated heterocycles. The molecule has 0 N–H and O–H groups in total. The van der Waals surface area contributed by atoms with Crippen LogP contribution in [0.3, 0.4) is 0 Å². The molecule has 0 spiro atoms. The van der Waals surface area contributed by atoms with Crippen LogP contribution in [-0.2, 0) is 8.85 Å². The topological polar surface area (TPSA) is 30.8 Å². The Morgan fingerprint density at radius 3 is 2.17 bits per heavy atom. The molecule has 0 radical (unpaired) electrons. The molecule has 1 unspecified atom stereocenters. The van der Waals surface area contributed by atoms with Crippen LogP contribution in [0.25, 0.3) is 0 Å². The number of rotatable bonds is 11. The second-order valence-electron chi connectivity index (χ2n) is 4.60. The zero-order chi connectivity index (χ0) is 13.8. The Morgan fingerprint density at radius 1 is 1.11 bits per heavy atom. The van der Waals surface area contributed by atoms with E-state index in [0.717, 1.165) is 39.0 Å². The van der Waals surface area contributed by atoms with E-state index in [1.165, 1.54) is 12.1 Å². The van der Waals surface area contributed by atoms with Gasteiger partial charge >= 0.3 is 9.28 Å². The lowest BCUT2D eigenvalue weighted by molar-refractivity contribution is 0.204. The highest BCUT2D eigenvalue weighted by atomic mass is 28.3. The van der Waals surface area contributed by atoms with Crippen molar-refractivity contribution in [2.24, 2.45) is 4.99 Å². The predicted molar refractivity (Wildman–Crippen MR) is 81.9 cm³/mol. The van der Waals surface area contributed by atoms with Gasteiger partial charge in [-0.25, -0.2) is 0 Å². The molecule has 0 fully saturated rings. The molecule has 0 aromatic carbocycles. The van der Waals surface area contributed by atoms with E-state index in [1.54, 1.807) is 0 Å². The lowest BCUT2D eigenvalue weighted by Gasteiger charge is -2.20. The van der Waals surface area contributed by atoms with Gasteiger partial charge in [0.1, 0.15) is 0 Å². The third-order valence-corrected chi connectivity index (χ3v) is 5.58. The third-order valence-electron chi connectivity index (χ3n) is 2.99. The highest BCUT2D eigenvalue weighted by molar-refractivity contribution is 6.46. The van der Waals surface area contributed by atoms with Crippen molar-refractivity contribution in [1.29, 1.82) is 0 Å². The van der Waals surface area contributed by atoms with Gasteiger partial charge in [0, 0.05) is 25.5 Å². The SMILES string of the molecule is CCCC(CC)=NCCC(C)[SiH](OCC)OCC. The van der Waals surface area contributed by atoms with Crippen LogP contribution in [0.4, 0.5) is 0 Å². The summed E-state index contributed by atoms with van der Waals surface area (Å²) in [4.78, 5) is 4.70. The molecule has 0 aromatic heterocycles. The smallest absolute Gasteiger partial charge is 0.324 e. The van der Waals surface area contributed by atoms with Crippen molar-refractivity contribution in [1.82, 2.24) is 0 Å². The molecule has 3 nitrogen and oxygen atoms in total. The first-order chi connectivity index (χ1) is 8.69. The lowest BCUT2D eigenvalue weighted by atomic mass is 10.2. The van der Waals surface area contributed by atoms with Crippen molar-refractivity contribution in [3.8, 4) is 0 Å². The highest BCUT2D eigenvalue weighted by Crippen LogP contribution is 2.16. The molecule has 0 aromatic rings. The Hall–Kier alpha value is -0.193. The van der Waals surface area contributed by atoms with Gasteiger partial charge in [-0.3, -0.25) is 4.99 Å². The van der Waals surface area contributed by atoms with Crippen LogP contribution in [0.1, 0.15) is 60.3 Å². The fourth-order valence-electron chi connectivity index (χ4n) is 1.92. The van der Waals surface area contributed by atoms with E-state index in [9.17, 15) is 0 Å². The fourth-order valence-corrected chi connectivity index (χ4v) is 3.76. The van der Waals surface area contributed by atoms with Crippen molar-refractivity contribution < 1.29 is 8.85 Å². The maximum Gasteiger partial charge on any atom is 0.324 e. The van der Waals surface area contributed by atoms with Gasteiger partial charge in [0.2, 0.25) is 0 Å². The summed E-state index contributed by atoms with van der Waals surface area (Å²) in [6.07, 6.45) is 4.50. The van der Waals surface area contributed by atoms with Crippen LogP contribution in [0.5, 0.6) is 0 Å². The van der Waals surface area contributed by atoms with Crippen LogP contribution in [0, 0.1) is 0 Å². The van der Waals surface area contributed by atoms with Gasteiger partial charge in [-0.1, -0.05) is 27.2 Å². The molecule has 0 aliphatic heterocycles. The van der Waals surface area contributed by atoms with E-state index in [-0.39, 0.29) is 0 Å². The molecule has 0 rings (SSSR count). The Labute approximate surface area is 115 Å². The van der Waals surface area contributed by atoms with Crippen LogP contribution in [0.15, 0.2) is 4.99 Å². The van der Waals surface area contributed by atoms with E-state index in [0.29, 0.717) is 5.54 Å². The van der Waals surface area contributed by atoms with Crippen LogP contribution in [0.2, 0.25) is 5.54 Å². The Balaban J connectivity index is 4.08. The van der Waals surface area contributed by atoms with Crippen LogP contribution < -0.4 is 0 Å². The monoisotopic (exact) mass is 273 g/mol. The average molecular weight is 273 g/mol. The first-order valence-corrected chi connectivity index (χ1v) is 9.05. The summed E-state index contributed by atoms with van der Waals surface area (Å²) in [5.41, 5.74) is 1.89. The standard InChI is InChI=1S/C14H31NO2Si/c1-6-10-14(7-2)15-12-11-13(5)18(16-8-3)17-9-4/h13,18H,6-12H2,1-5H3. The minimum Gasteiger partial charge on any atom is -0.397 e. The third kappa shape index (κ3) is 8.00. The number of hydrogen-bond acceptors (Lipinski definition) is 3. The van der Waals surface area contributed by atoms with Crippen LogP contribution >= 0.6 is 0 Å². The highest BCUT2D eigenvalue weighted by Gasteiger charge is 2.20. The van der Waals surface area contributed by atoms with Crippen molar-refractivity contribution in [3.05, 3.63) is 0 Å². The number of aliphatic imine (C=N–C) groups is 1. The Bertz CT molecular complexity index is 216. The minimum absolute atomic E-state index is 0.536. The van der Waals surface area contributed by atoms with Gasteiger partial charge in [-0.15, -0.1) is 0 Å². The van der Waals surface area contributed by atoms with Crippen molar-refractivity contribution in [3.63, 3.8) is 0 Å². The van der Waals surface area contributed by atoms with Gasteiger partial charge in [0.05, 0.1) is 0 Å². The quantitative estimate of drug-likeness (QED) is 0.424. The molecule has 0 bridgehead atoms. The lowest BCUT2D eigenvalue weighted by Crippen LogP contribution is -2.28. The molecule has 0 aliphatic carbocycles. The van der Waals surface area contributed by atoms with Crippen LogP contribution in [-0.4, -0.2) is 34.8 Å². The second-order valence-corrected chi connectivity index (χ2v) is 7.14. The van der Waals surface area contributed by atoms with Gasteiger partial charge < -0.3 is 8.85 Å². The number of nitrogens with zero attached hydrogens (tertiary/aromatic N) is 1. The largest absolute Gasteiger partial charge is 0.397 e. The average Bonchev–Trinajstić information content (AvgIpc) is 2.37. The van der Waals surface area contributed by atoms with E-state index < -0.39 is 9.28 Å². The number of hydrogen-bond donors (Lipinski definition) is 0. The Morgan fingerprint density at radius 2 is 1.72 bits per heavy atom. The van der Waals surface area contributed by atoms with Gasteiger partial charge in [-0.2, -0.15) is 0 Å². The minimum atomic E-state index is -1.49.